The highest BCUT2D eigenvalue weighted by Gasteiger charge is 2.47. The van der Waals surface area contributed by atoms with Gasteiger partial charge in [0, 0.05) is 7.11 Å². The van der Waals surface area contributed by atoms with Crippen LogP contribution in [0.4, 0.5) is 0 Å². The normalized spacial score (nSPS) is 30.9. The van der Waals surface area contributed by atoms with Crippen molar-refractivity contribution in [3.8, 4) is 0 Å². The van der Waals surface area contributed by atoms with Crippen LogP contribution in [-0.4, -0.2) is 35.5 Å². The predicted octanol–water partition coefficient (Wildman–Crippen LogP) is 2.28. The van der Waals surface area contributed by atoms with E-state index in [0.29, 0.717) is 6.42 Å². The van der Waals surface area contributed by atoms with Gasteiger partial charge in [-0.15, -0.1) is 0 Å². The average molecular weight is 258 g/mol. The van der Waals surface area contributed by atoms with Crippen molar-refractivity contribution in [1.29, 1.82) is 0 Å². The molecule has 1 aliphatic rings. The number of hydrogen-bond acceptors (Lipinski definition) is 4. The van der Waals surface area contributed by atoms with Gasteiger partial charge in [-0.25, -0.2) is 0 Å². The van der Waals surface area contributed by atoms with Gasteiger partial charge in [0.15, 0.2) is 0 Å². The van der Waals surface area contributed by atoms with Crippen molar-refractivity contribution in [2.24, 2.45) is 5.92 Å². The summed E-state index contributed by atoms with van der Waals surface area (Å²) in [6, 6.07) is 0. The lowest BCUT2D eigenvalue weighted by atomic mass is 9.74. The van der Waals surface area contributed by atoms with Crippen LogP contribution in [0.2, 0.25) is 0 Å². The second kappa shape index (κ2) is 5.57. The van der Waals surface area contributed by atoms with E-state index in [1.54, 1.807) is 14.0 Å². The van der Waals surface area contributed by atoms with Crippen LogP contribution >= 0.6 is 0 Å². The summed E-state index contributed by atoms with van der Waals surface area (Å²) in [5, 5.41) is 10.7. The summed E-state index contributed by atoms with van der Waals surface area (Å²) in [5.74, 6) is -0.920. The number of hydrogen-bond donors (Lipinski definition) is 1. The van der Waals surface area contributed by atoms with Crippen molar-refractivity contribution >= 4 is 5.97 Å². The molecule has 3 unspecified atom stereocenters. The van der Waals surface area contributed by atoms with Crippen molar-refractivity contribution in [2.45, 2.75) is 70.7 Å². The topological polar surface area (TPSA) is 55.8 Å². The van der Waals surface area contributed by atoms with Gasteiger partial charge >= 0.3 is 5.97 Å². The van der Waals surface area contributed by atoms with Crippen LogP contribution in [-0.2, 0) is 14.3 Å². The first-order valence-corrected chi connectivity index (χ1v) is 6.69. The van der Waals surface area contributed by atoms with Gasteiger partial charge in [0.25, 0.3) is 0 Å². The smallest absolute Gasteiger partial charge is 0.312 e. The summed E-state index contributed by atoms with van der Waals surface area (Å²) in [7, 11) is 1.59. The Kier molecular flexibility index (Phi) is 4.78. The summed E-state index contributed by atoms with van der Waals surface area (Å²) in [5.41, 5.74) is -1.63. The van der Waals surface area contributed by atoms with E-state index in [1.165, 1.54) is 0 Å². The molecular weight excluding hydrogens is 232 g/mol. The number of aliphatic hydroxyl groups is 1. The van der Waals surface area contributed by atoms with Gasteiger partial charge < -0.3 is 14.6 Å². The third kappa shape index (κ3) is 3.45. The van der Waals surface area contributed by atoms with Crippen LogP contribution in [0.3, 0.4) is 0 Å². The number of esters is 1. The summed E-state index contributed by atoms with van der Waals surface area (Å²) >= 11 is 0. The molecule has 0 aliphatic heterocycles. The standard InChI is InChI=1S/C14H26O4/c1-10(12(15)18-13(2,3)4)14(16)9-7-6-8-11(14)17-5/h10-11,16H,6-9H2,1-5H3. The van der Waals surface area contributed by atoms with Gasteiger partial charge in [-0.3, -0.25) is 4.79 Å². The molecule has 1 fully saturated rings. The predicted molar refractivity (Wildman–Crippen MR) is 69.2 cm³/mol. The maximum absolute atomic E-state index is 12.1. The first-order chi connectivity index (χ1) is 8.20. The van der Waals surface area contributed by atoms with E-state index >= 15 is 0 Å². The quantitative estimate of drug-likeness (QED) is 0.789. The summed E-state index contributed by atoms with van der Waals surface area (Å²) in [6.07, 6.45) is 3.05. The molecule has 4 heteroatoms. The van der Waals surface area contributed by atoms with Gasteiger partial charge in [-0.1, -0.05) is 12.8 Å². The Morgan fingerprint density at radius 2 is 2.00 bits per heavy atom. The summed E-state index contributed by atoms with van der Waals surface area (Å²) in [6.45, 7) is 7.22. The molecule has 1 rings (SSSR count). The van der Waals surface area contributed by atoms with Crippen LogP contribution < -0.4 is 0 Å². The number of rotatable bonds is 3. The molecule has 3 atom stereocenters. The fourth-order valence-electron chi connectivity index (χ4n) is 2.56. The first-order valence-electron chi connectivity index (χ1n) is 6.69. The fourth-order valence-corrected chi connectivity index (χ4v) is 2.56. The largest absolute Gasteiger partial charge is 0.460 e. The van der Waals surface area contributed by atoms with Crippen LogP contribution in [0.1, 0.15) is 53.4 Å². The molecule has 0 bridgehead atoms. The minimum absolute atomic E-state index is 0.284. The van der Waals surface area contributed by atoms with E-state index in [9.17, 15) is 9.90 Å². The number of carbonyl (C=O) groups excluding carboxylic acids is 1. The molecule has 0 amide bonds. The lowest BCUT2D eigenvalue weighted by Crippen LogP contribution is -2.54. The molecule has 106 valence electrons. The Balaban J connectivity index is 2.79. The minimum Gasteiger partial charge on any atom is -0.460 e. The van der Waals surface area contributed by atoms with E-state index in [1.807, 2.05) is 20.8 Å². The Bertz CT molecular complexity index is 295. The molecule has 1 N–H and O–H groups in total. The van der Waals surface area contributed by atoms with Crippen LogP contribution in [0.25, 0.3) is 0 Å². The molecule has 0 aromatic heterocycles. The lowest BCUT2D eigenvalue weighted by Gasteiger charge is -2.42. The zero-order chi connectivity index (χ0) is 14.0. The number of methoxy groups -OCH3 is 1. The monoisotopic (exact) mass is 258 g/mol. The number of carbonyl (C=O) groups is 1. The zero-order valence-corrected chi connectivity index (χ0v) is 12.2. The lowest BCUT2D eigenvalue weighted by molar-refractivity contribution is -0.187. The van der Waals surface area contributed by atoms with Crippen LogP contribution in [0, 0.1) is 5.92 Å². The van der Waals surface area contributed by atoms with Gasteiger partial charge in [0.05, 0.1) is 12.0 Å². The van der Waals surface area contributed by atoms with Gasteiger partial charge in [0.1, 0.15) is 11.2 Å². The van der Waals surface area contributed by atoms with Gasteiger partial charge in [-0.05, 0) is 40.5 Å². The van der Waals surface area contributed by atoms with E-state index in [4.69, 9.17) is 9.47 Å². The molecular formula is C14H26O4. The third-order valence-corrected chi connectivity index (χ3v) is 3.65. The zero-order valence-electron chi connectivity index (χ0n) is 12.2. The van der Waals surface area contributed by atoms with Crippen molar-refractivity contribution in [1.82, 2.24) is 0 Å². The maximum atomic E-state index is 12.1. The second-order valence-electron chi connectivity index (χ2n) is 6.22. The average Bonchev–Trinajstić information content (AvgIpc) is 2.26. The highest BCUT2D eigenvalue weighted by molar-refractivity contribution is 5.74. The van der Waals surface area contributed by atoms with Crippen LogP contribution in [0.15, 0.2) is 0 Å². The Morgan fingerprint density at radius 3 is 2.50 bits per heavy atom. The van der Waals surface area contributed by atoms with Crippen molar-refractivity contribution in [3.05, 3.63) is 0 Å². The molecule has 1 saturated carbocycles. The van der Waals surface area contributed by atoms with Gasteiger partial charge in [-0.2, -0.15) is 0 Å². The molecule has 0 heterocycles. The summed E-state index contributed by atoms with van der Waals surface area (Å²) in [4.78, 5) is 12.1. The third-order valence-electron chi connectivity index (χ3n) is 3.65. The molecule has 18 heavy (non-hydrogen) atoms. The summed E-state index contributed by atoms with van der Waals surface area (Å²) < 4.78 is 10.7. The molecule has 0 aromatic rings. The molecule has 4 nitrogen and oxygen atoms in total. The highest BCUT2D eigenvalue weighted by Crippen LogP contribution is 2.37. The second-order valence-corrected chi connectivity index (χ2v) is 6.22. The molecule has 0 radical (unpaired) electrons. The minimum atomic E-state index is -1.10. The number of ether oxygens (including phenoxy) is 2. The van der Waals surface area contributed by atoms with Crippen LogP contribution in [0.5, 0.6) is 0 Å². The maximum Gasteiger partial charge on any atom is 0.312 e. The molecule has 0 saturated heterocycles. The van der Waals surface area contributed by atoms with Gasteiger partial charge in [0.2, 0.25) is 0 Å². The van der Waals surface area contributed by atoms with E-state index in [-0.39, 0.29) is 12.1 Å². The molecule has 0 spiro atoms. The van der Waals surface area contributed by atoms with Crippen molar-refractivity contribution in [2.75, 3.05) is 7.11 Å². The Labute approximate surface area is 110 Å². The van der Waals surface area contributed by atoms with E-state index < -0.39 is 17.1 Å². The van der Waals surface area contributed by atoms with Crippen molar-refractivity contribution < 1.29 is 19.4 Å². The fraction of sp³-hybridized carbons (Fsp3) is 0.929. The highest BCUT2D eigenvalue weighted by atomic mass is 16.6. The van der Waals surface area contributed by atoms with E-state index in [2.05, 4.69) is 0 Å². The Hall–Kier alpha value is -0.610. The Morgan fingerprint density at radius 1 is 1.39 bits per heavy atom. The molecule has 0 aromatic carbocycles. The first kappa shape index (κ1) is 15.4. The van der Waals surface area contributed by atoms with E-state index in [0.717, 1.165) is 19.3 Å². The molecule has 1 aliphatic carbocycles. The SMILES string of the molecule is COC1CCCCC1(O)C(C)C(=O)OC(C)(C)C. The van der Waals surface area contributed by atoms with Crippen molar-refractivity contribution in [3.63, 3.8) is 0 Å².